The molecule has 25 heavy (non-hydrogen) atoms. The Morgan fingerprint density at radius 3 is 2.72 bits per heavy atom. The Balaban J connectivity index is 1.80. The normalized spacial score (nSPS) is 11.2. The number of H-pyrrole nitrogens is 1. The number of carbonyl (C=O) groups excluding carboxylic acids is 1. The van der Waals surface area contributed by atoms with E-state index in [-0.39, 0.29) is 18.0 Å². The zero-order valence-electron chi connectivity index (χ0n) is 12.7. The predicted molar refractivity (Wildman–Crippen MR) is 88.0 cm³/mol. The molecule has 1 heterocycles. The van der Waals surface area contributed by atoms with E-state index in [2.05, 4.69) is 15.2 Å². The highest BCUT2D eigenvalue weighted by Gasteiger charge is 2.15. The highest BCUT2D eigenvalue weighted by Crippen LogP contribution is 2.35. The van der Waals surface area contributed by atoms with E-state index in [1.807, 2.05) is 0 Å². The van der Waals surface area contributed by atoms with Crippen molar-refractivity contribution in [3.05, 3.63) is 58.1 Å². The van der Waals surface area contributed by atoms with Gasteiger partial charge in [-0.25, -0.2) is 0 Å². The molecule has 0 radical (unpaired) electrons. The minimum atomic E-state index is -0.741. The standard InChI is InChI=1S/C16H12N4O5/c21-13-6-5-9(7-12(13)20(24)25)8-14(22)18-19-15-10-3-1-2-4-11(10)17-16(15)23/h1-7,17,21,23H,8H2. The van der Waals surface area contributed by atoms with Crippen molar-refractivity contribution >= 4 is 28.2 Å². The first-order chi connectivity index (χ1) is 12.0. The summed E-state index contributed by atoms with van der Waals surface area (Å²) in [6.45, 7) is 0. The number of nitro benzene ring substituents is 1. The number of aromatic hydroxyl groups is 2. The van der Waals surface area contributed by atoms with Gasteiger partial charge in [0.05, 0.1) is 16.9 Å². The molecule has 126 valence electrons. The number of azo groups is 1. The molecular weight excluding hydrogens is 328 g/mol. The van der Waals surface area contributed by atoms with Crippen LogP contribution in [-0.4, -0.2) is 26.0 Å². The third-order valence-electron chi connectivity index (χ3n) is 3.51. The lowest BCUT2D eigenvalue weighted by molar-refractivity contribution is -0.385. The van der Waals surface area contributed by atoms with Gasteiger partial charge in [0.1, 0.15) is 0 Å². The third kappa shape index (κ3) is 3.29. The number of phenols is 1. The average molecular weight is 340 g/mol. The number of aromatic nitrogens is 1. The summed E-state index contributed by atoms with van der Waals surface area (Å²) in [5, 5.41) is 38.0. The second-order valence-corrected chi connectivity index (χ2v) is 5.22. The van der Waals surface area contributed by atoms with Crippen molar-refractivity contribution in [2.24, 2.45) is 10.2 Å². The Morgan fingerprint density at radius 2 is 1.96 bits per heavy atom. The summed E-state index contributed by atoms with van der Waals surface area (Å²) in [6.07, 6.45) is -0.228. The molecule has 0 fully saturated rings. The quantitative estimate of drug-likeness (QED) is 0.379. The molecule has 1 aromatic heterocycles. The van der Waals surface area contributed by atoms with Gasteiger partial charge in [0.25, 0.3) is 5.91 Å². The Hall–Kier alpha value is -3.75. The van der Waals surface area contributed by atoms with E-state index in [0.29, 0.717) is 16.5 Å². The second kappa shape index (κ2) is 6.40. The number of hydrogen-bond donors (Lipinski definition) is 3. The number of carbonyl (C=O) groups is 1. The number of fused-ring (bicyclic) bond motifs is 1. The molecule has 9 nitrogen and oxygen atoms in total. The first kappa shape index (κ1) is 16.1. The summed E-state index contributed by atoms with van der Waals surface area (Å²) >= 11 is 0. The van der Waals surface area contributed by atoms with E-state index < -0.39 is 22.3 Å². The molecule has 1 amide bonds. The minimum Gasteiger partial charge on any atom is -0.502 e. The van der Waals surface area contributed by atoms with Crippen LogP contribution < -0.4 is 0 Å². The fourth-order valence-corrected chi connectivity index (χ4v) is 2.36. The van der Waals surface area contributed by atoms with Gasteiger partial charge < -0.3 is 15.2 Å². The number of phenolic OH excluding ortho intramolecular Hbond substituents is 1. The lowest BCUT2D eigenvalue weighted by Gasteiger charge is -1.99. The van der Waals surface area contributed by atoms with E-state index in [1.165, 1.54) is 6.07 Å². The van der Waals surface area contributed by atoms with E-state index in [4.69, 9.17) is 0 Å². The molecule has 0 bridgehead atoms. The molecule has 2 aromatic carbocycles. The van der Waals surface area contributed by atoms with Crippen LogP contribution in [0.1, 0.15) is 5.56 Å². The monoisotopic (exact) mass is 340 g/mol. The molecule has 3 aromatic rings. The van der Waals surface area contributed by atoms with Crippen LogP contribution >= 0.6 is 0 Å². The van der Waals surface area contributed by atoms with Crippen LogP contribution in [-0.2, 0) is 11.2 Å². The Morgan fingerprint density at radius 1 is 1.20 bits per heavy atom. The van der Waals surface area contributed by atoms with Crippen LogP contribution in [0.15, 0.2) is 52.7 Å². The van der Waals surface area contributed by atoms with Gasteiger partial charge in [-0.15, -0.1) is 10.2 Å². The van der Waals surface area contributed by atoms with Gasteiger partial charge in [-0.2, -0.15) is 0 Å². The largest absolute Gasteiger partial charge is 0.502 e. The van der Waals surface area contributed by atoms with Gasteiger partial charge in [-0.05, 0) is 17.7 Å². The number of rotatable bonds is 4. The molecule has 9 heteroatoms. The second-order valence-electron chi connectivity index (χ2n) is 5.22. The smallest absolute Gasteiger partial charge is 0.310 e. The Labute approximate surface area is 140 Å². The first-order valence-electron chi connectivity index (χ1n) is 7.16. The summed E-state index contributed by atoms with van der Waals surface area (Å²) in [6, 6.07) is 10.6. The lowest BCUT2D eigenvalue weighted by Crippen LogP contribution is -1.99. The van der Waals surface area contributed by atoms with Crippen LogP contribution in [0.5, 0.6) is 11.6 Å². The maximum Gasteiger partial charge on any atom is 0.310 e. The number of amides is 1. The van der Waals surface area contributed by atoms with Gasteiger partial charge in [-0.1, -0.05) is 24.3 Å². The van der Waals surface area contributed by atoms with Crippen LogP contribution in [0.25, 0.3) is 10.9 Å². The van der Waals surface area contributed by atoms with Crippen molar-refractivity contribution < 1.29 is 19.9 Å². The number of para-hydroxylation sites is 1. The topological polar surface area (TPSA) is 141 Å². The van der Waals surface area contributed by atoms with Crippen molar-refractivity contribution in [2.75, 3.05) is 0 Å². The van der Waals surface area contributed by atoms with Crippen molar-refractivity contribution in [1.29, 1.82) is 0 Å². The third-order valence-corrected chi connectivity index (χ3v) is 3.51. The summed E-state index contributed by atoms with van der Waals surface area (Å²) in [5.74, 6) is -1.34. The van der Waals surface area contributed by atoms with E-state index >= 15 is 0 Å². The molecular formula is C16H12N4O5. The highest BCUT2D eigenvalue weighted by atomic mass is 16.6. The summed E-state index contributed by atoms with van der Waals surface area (Å²) < 4.78 is 0. The van der Waals surface area contributed by atoms with Crippen molar-refractivity contribution in [3.63, 3.8) is 0 Å². The number of benzene rings is 2. The molecule has 0 unspecified atom stereocenters. The molecule has 0 saturated heterocycles. The maximum atomic E-state index is 11.9. The molecule has 0 saturated carbocycles. The fraction of sp³-hybridized carbons (Fsp3) is 0.0625. The zero-order chi connectivity index (χ0) is 18.0. The Kier molecular flexibility index (Phi) is 4.12. The summed E-state index contributed by atoms with van der Waals surface area (Å²) in [4.78, 5) is 24.7. The van der Waals surface area contributed by atoms with Crippen LogP contribution in [0.2, 0.25) is 0 Å². The number of aromatic amines is 1. The molecule has 0 aliphatic heterocycles. The first-order valence-corrected chi connectivity index (χ1v) is 7.16. The predicted octanol–water partition coefficient (Wildman–Crippen LogP) is 3.34. The zero-order valence-corrected chi connectivity index (χ0v) is 12.7. The van der Waals surface area contributed by atoms with E-state index in [0.717, 1.165) is 12.1 Å². The number of nitrogens with zero attached hydrogens (tertiary/aromatic N) is 3. The van der Waals surface area contributed by atoms with Crippen LogP contribution in [0.3, 0.4) is 0 Å². The molecule has 0 spiro atoms. The van der Waals surface area contributed by atoms with Gasteiger partial charge in [-0.3, -0.25) is 14.9 Å². The summed E-state index contributed by atoms with van der Waals surface area (Å²) in [5.41, 5.74) is 0.615. The van der Waals surface area contributed by atoms with Gasteiger partial charge in [0.15, 0.2) is 11.4 Å². The molecule has 0 aliphatic rings. The molecule has 0 aliphatic carbocycles. The van der Waals surface area contributed by atoms with Crippen molar-refractivity contribution in [3.8, 4) is 11.6 Å². The van der Waals surface area contributed by atoms with Crippen LogP contribution in [0, 0.1) is 10.1 Å². The van der Waals surface area contributed by atoms with E-state index in [9.17, 15) is 25.1 Å². The van der Waals surface area contributed by atoms with Gasteiger partial charge in [0, 0.05) is 11.5 Å². The highest BCUT2D eigenvalue weighted by molar-refractivity contribution is 5.94. The number of nitro groups is 1. The molecule has 0 atom stereocenters. The number of hydrogen-bond acceptors (Lipinski definition) is 6. The average Bonchev–Trinajstić information content (AvgIpc) is 2.89. The maximum absolute atomic E-state index is 11.9. The fourth-order valence-electron chi connectivity index (χ4n) is 2.36. The van der Waals surface area contributed by atoms with Crippen LogP contribution in [0.4, 0.5) is 11.4 Å². The molecule has 3 N–H and O–H groups in total. The van der Waals surface area contributed by atoms with Crippen molar-refractivity contribution in [1.82, 2.24) is 4.98 Å². The molecule has 3 rings (SSSR count). The van der Waals surface area contributed by atoms with Crippen molar-refractivity contribution in [2.45, 2.75) is 6.42 Å². The minimum absolute atomic E-state index is 0.139. The summed E-state index contributed by atoms with van der Waals surface area (Å²) in [7, 11) is 0. The SMILES string of the molecule is O=C(Cc1ccc(O)c([N+](=O)[O-])c1)N=Nc1c(O)[nH]c2ccccc12. The van der Waals surface area contributed by atoms with Gasteiger partial charge >= 0.3 is 5.69 Å². The van der Waals surface area contributed by atoms with E-state index in [1.54, 1.807) is 24.3 Å². The Bertz CT molecular complexity index is 1010. The van der Waals surface area contributed by atoms with Gasteiger partial charge in [0.2, 0.25) is 5.88 Å². The lowest BCUT2D eigenvalue weighted by atomic mass is 10.1. The number of nitrogens with one attached hydrogen (secondary N) is 1.